The molecule has 0 atom stereocenters. The maximum atomic E-state index is 12.1. The van der Waals surface area contributed by atoms with Gasteiger partial charge in [-0.25, -0.2) is 4.79 Å². The third-order valence-corrected chi connectivity index (χ3v) is 3.21. The maximum absolute atomic E-state index is 12.1. The molecule has 19 heavy (non-hydrogen) atoms. The number of aryl methyl sites for hydroxylation is 1. The fourth-order valence-electron chi connectivity index (χ4n) is 2.39. The zero-order valence-corrected chi connectivity index (χ0v) is 11.6. The Hall–Kier alpha value is -2.03. The molecule has 0 unspecified atom stereocenters. The summed E-state index contributed by atoms with van der Waals surface area (Å²) in [5.74, 6) is -0.288. The molecule has 0 fully saturated rings. The highest BCUT2D eigenvalue weighted by Crippen LogP contribution is 2.31. The minimum Gasteiger partial charge on any atom is -0.461 e. The van der Waals surface area contributed by atoms with Gasteiger partial charge in [-0.15, -0.1) is 0 Å². The first-order valence-electron chi connectivity index (χ1n) is 6.63. The summed E-state index contributed by atoms with van der Waals surface area (Å²) in [6.07, 6.45) is 0.881. The van der Waals surface area contributed by atoms with Crippen LogP contribution in [0.4, 0.5) is 0 Å². The van der Waals surface area contributed by atoms with Crippen molar-refractivity contribution < 1.29 is 9.53 Å². The van der Waals surface area contributed by atoms with Crippen molar-refractivity contribution in [3.63, 3.8) is 0 Å². The summed E-state index contributed by atoms with van der Waals surface area (Å²) in [5, 5.41) is 0. The standard InChI is InChI=1S/C16H19NO2/c1-4-13-11(3)17-15(16(18)19-5-2)14(13)12-9-7-6-8-10-12/h6-10,17H,4-5H2,1-3H3. The Balaban J connectivity index is 2.59. The molecule has 0 aliphatic rings. The van der Waals surface area contributed by atoms with E-state index >= 15 is 0 Å². The van der Waals surface area contributed by atoms with E-state index in [0.29, 0.717) is 12.3 Å². The van der Waals surface area contributed by atoms with E-state index in [4.69, 9.17) is 4.74 Å². The number of aromatic nitrogens is 1. The Morgan fingerprint density at radius 2 is 1.89 bits per heavy atom. The Morgan fingerprint density at radius 3 is 2.47 bits per heavy atom. The van der Waals surface area contributed by atoms with Crippen LogP contribution in [0, 0.1) is 6.92 Å². The van der Waals surface area contributed by atoms with Gasteiger partial charge in [-0.2, -0.15) is 0 Å². The number of hydrogen-bond donors (Lipinski definition) is 1. The molecule has 1 heterocycles. The predicted molar refractivity (Wildman–Crippen MR) is 76.3 cm³/mol. The molecule has 0 amide bonds. The number of nitrogens with one attached hydrogen (secondary N) is 1. The van der Waals surface area contributed by atoms with Gasteiger partial charge in [0.05, 0.1) is 6.61 Å². The number of carbonyl (C=O) groups excluding carboxylic acids is 1. The SMILES string of the molecule is CCOC(=O)c1[nH]c(C)c(CC)c1-c1ccccc1. The second-order valence-electron chi connectivity index (χ2n) is 4.42. The summed E-state index contributed by atoms with van der Waals surface area (Å²) in [7, 11) is 0. The lowest BCUT2D eigenvalue weighted by Crippen LogP contribution is -2.06. The Bertz CT molecular complexity index is 570. The molecule has 1 N–H and O–H groups in total. The van der Waals surface area contributed by atoms with Crippen LogP contribution < -0.4 is 0 Å². The van der Waals surface area contributed by atoms with Gasteiger partial charge in [0, 0.05) is 11.3 Å². The first-order chi connectivity index (χ1) is 9.19. The predicted octanol–water partition coefficient (Wildman–Crippen LogP) is 3.73. The highest BCUT2D eigenvalue weighted by Gasteiger charge is 2.21. The Labute approximate surface area is 113 Å². The van der Waals surface area contributed by atoms with E-state index in [2.05, 4.69) is 11.9 Å². The van der Waals surface area contributed by atoms with Crippen molar-refractivity contribution in [1.29, 1.82) is 0 Å². The molecular weight excluding hydrogens is 238 g/mol. The Kier molecular flexibility index (Phi) is 4.05. The van der Waals surface area contributed by atoms with Crippen molar-refractivity contribution in [2.24, 2.45) is 0 Å². The summed E-state index contributed by atoms with van der Waals surface area (Å²) in [4.78, 5) is 15.2. The maximum Gasteiger partial charge on any atom is 0.355 e. The average molecular weight is 257 g/mol. The molecule has 0 bridgehead atoms. The number of benzene rings is 1. The van der Waals surface area contributed by atoms with Crippen molar-refractivity contribution in [3.8, 4) is 11.1 Å². The van der Waals surface area contributed by atoms with Gasteiger partial charge in [0.25, 0.3) is 0 Å². The summed E-state index contributed by atoms with van der Waals surface area (Å²) in [6, 6.07) is 9.96. The van der Waals surface area contributed by atoms with Gasteiger partial charge in [0.15, 0.2) is 0 Å². The molecule has 0 radical (unpaired) electrons. The minimum atomic E-state index is -0.288. The van der Waals surface area contributed by atoms with E-state index in [1.54, 1.807) is 0 Å². The molecule has 100 valence electrons. The number of H-pyrrole nitrogens is 1. The molecular formula is C16H19NO2. The minimum absolute atomic E-state index is 0.288. The van der Waals surface area contributed by atoms with Crippen LogP contribution in [0.5, 0.6) is 0 Å². The van der Waals surface area contributed by atoms with E-state index in [9.17, 15) is 4.79 Å². The molecule has 0 aliphatic carbocycles. The Morgan fingerprint density at radius 1 is 1.21 bits per heavy atom. The van der Waals surface area contributed by atoms with Gasteiger partial charge < -0.3 is 9.72 Å². The van der Waals surface area contributed by atoms with Crippen molar-refractivity contribution in [2.45, 2.75) is 27.2 Å². The lowest BCUT2D eigenvalue weighted by Gasteiger charge is -2.06. The van der Waals surface area contributed by atoms with Crippen LogP contribution in [-0.4, -0.2) is 17.6 Å². The van der Waals surface area contributed by atoms with E-state index in [0.717, 1.165) is 23.2 Å². The lowest BCUT2D eigenvalue weighted by atomic mass is 9.98. The number of carbonyl (C=O) groups is 1. The summed E-state index contributed by atoms with van der Waals surface area (Å²) in [5.41, 5.74) is 4.78. The number of hydrogen-bond acceptors (Lipinski definition) is 2. The highest BCUT2D eigenvalue weighted by atomic mass is 16.5. The number of rotatable bonds is 4. The number of aromatic amines is 1. The monoisotopic (exact) mass is 257 g/mol. The van der Waals surface area contributed by atoms with Gasteiger partial charge >= 0.3 is 5.97 Å². The molecule has 0 spiro atoms. The second-order valence-corrected chi connectivity index (χ2v) is 4.42. The second kappa shape index (κ2) is 5.74. The summed E-state index contributed by atoms with van der Waals surface area (Å²) in [6.45, 7) is 6.29. The van der Waals surface area contributed by atoms with Crippen LogP contribution in [0.15, 0.2) is 30.3 Å². The normalized spacial score (nSPS) is 10.5. The van der Waals surface area contributed by atoms with Crippen molar-refractivity contribution >= 4 is 5.97 Å². The molecule has 2 rings (SSSR count). The van der Waals surface area contributed by atoms with Crippen molar-refractivity contribution in [1.82, 2.24) is 4.98 Å². The summed E-state index contributed by atoms with van der Waals surface area (Å²) >= 11 is 0. The molecule has 3 nitrogen and oxygen atoms in total. The van der Waals surface area contributed by atoms with Gasteiger partial charge in [-0.05, 0) is 31.4 Å². The zero-order valence-electron chi connectivity index (χ0n) is 11.6. The largest absolute Gasteiger partial charge is 0.461 e. The van der Waals surface area contributed by atoms with Gasteiger partial charge in [0.2, 0.25) is 0 Å². The number of ether oxygens (including phenoxy) is 1. The van der Waals surface area contributed by atoms with Crippen LogP contribution in [0.25, 0.3) is 11.1 Å². The van der Waals surface area contributed by atoms with Gasteiger partial charge in [0.1, 0.15) is 5.69 Å². The van der Waals surface area contributed by atoms with E-state index in [-0.39, 0.29) is 5.97 Å². The van der Waals surface area contributed by atoms with Crippen LogP contribution in [0.1, 0.15) is 35.6 Å². The van der Waals surface area contributed by atoms with E-state index < -0.39 is 0 Å². The molecule has 3 heteroatoms. The number of esters is 1. The van der Waals surface area contributed by atoms with Crippen molar-refractivity contribution in [3.05, 3.63) is 47.3 Å². The average Bonchev–Trinajstić information content (AvgIpc) is 2.77. The molecule has 1 aromatic carbocycles. The molecule has 0 saturated heterocycles. The lowest BCUT2D eigenvalue weighted by molar-refractivity contribution is 0.0521. The summed E-state index contributed by atoms with van der Waals surface area (Å²) < 4.78 is 5.13. The van der Waals surface area contributed by atoms with Crippen LogP contribution in [0.2, 0.25) is 0 Å². The van der Waals surface area contributed by atoms with Gasteiger partial charge in [-0.1, -0.05) is 37.3 Å². The van der Waals surface area contributed by atoms with Crippen LogP contribution >= 0.6 is 0 Å². The first kappa shape index (κ1) is 13.4. The van der Waals surface area contributed by atoms with Crippen LogP contribution in [-0.2, 0) is 11.2 Å². The van der Waals surface area contributed by atoms with Gasteiger partial charge in [-0.3, -0.25) is 0 Å². The fourth-order valence-corrected chi connectivity index (χ4v) is 2.39. The third-order valence-electron chi connectivity index (χ3n) is 3.21. The first-order valence-corrected chi connectivity index (χ1v) is 6.63. The topological polar surface area (TPSA) is 42.1 Å². The molecule has 0 aliphatic heterocycles. The smallest absolute Gasteiger partial charge is 0.355 e. The van der Waals surface area contributed by atoms with Crippen LogP contribution in [0.3, 0.4) is 0 Å². The zero-order chi connectivity index (χ0) is 13.8. The molecule has 1 aromatic heterocycles. The fraction of sp³-hybridized carbons (Fsp3) is 0.312. The van der Waals surface area contributed by atoms with E-state index in [1.807, 2.05) is 44.2 Å². The highest BCUT2D eigenvalue weighted by molar-refractivity contribution is 5.97. The molecule has 0 saturated carbocycles. The quantitative estimate of drug-likeness (QED) is 0.848. The van der Waals surface area contributed by atoms with Crippen molar-refractivity contribution in [2.75, 3.05) is 6.61 Å². The molecule has 2 aromatic rings. The van der Waals surface area contributed by atoms with E-state index in [1.165, 1.54) is 5.56 Å². The third kappa shape index (κ3) is 2.55.